The van der Waals surface area contributed by atoms with E-state index in [-0.39, 0.29) is 17.8 Å². The van der Waals surface area contributed by atoms with Crippen LogP contribution in [0.25, 0.3) is 5.69 Å². The monoisotopic (exact) mass is 353 g/mol. The summed E-state index contributed by atoms with van der Waals surface area (Å²) in [5.41, 5.74) is 8.38. The van der Waals surface area contributed by atoms with E-state index in [9.17, 15) is 4.79 Å². The van der Waals surface area contributed by atoms with Gasteiger partial charge in [0.15, 0.2) is 0 Å². The van der Waals surface area contributed by atoms with Crippen LogP contribution in [0.2, 0.25) is 0 Å². The molecule has 4 rings (SSSR count). The molecule has 0 spiro atoms. The number of carbonyl (C=O) groups is 1. The van der Waals surface area contributed by atoms with Crippen molar-refractivity contribution in [3.05, 3.63) is 41.5 Å². The Morgan fingerprint density at radius 1 is 1.23 bits per heavy atom. The van der Waals surface area contributed by atoms with Crippen molar-refractivity contribution >= 4 is 5.91 Å². The summed E-state index contributed by atoms with van der Waals surface area (Å²) in [6.45, 7) is 7.73. The minimum absolute atomic E-state index is 0.0736. The van der Waals surface area contributed by atoms with Crippen LogP contribution in [0, 0.1) is 18.8 Å². The lowest BCUT2D eigenvalue weighted by Gasteiger charge is -2.17. The zero-order chi connectivity index (χ0) is 18.4. The van der Waals surface area contributed by atoms with Crippen molar-refractivity contribution in [2.24, 2.45) is 17.6 Å². The number of amides is 1. The van der Waals surface area contributed by atoms with Crippen molar-refractivity contribution in [3.8, 4) is 5.69 Å². The molecule has 3 atom stereocenters. The van der Waals surface area contributed by atoms with Crippen LogP contribution in [-0.2, 0) is 0 Å². The van der Waals surface area contributed by atoms with Crippen LogP contribution in [0.5, 0.6) is 0 Å². The molecule has 1 saturated heterocycles. The number of aryl methyl sites for hydroxylation is 1. The van der Waals surface area contributed by atoms with Crippen LogP contribution in [0.3, 0.4) is 0 Å². The van der Waals surface area contributed by atoms with Crippen molar-refractivity contribution in [3.63, 3.8) is 0 Å². The summed E-state index contributed by atoms with van der Waals surface area (Å²) in [4.78, 5) is 19.3. The molecular weight excluding hydrogens is 326 g/mol. The number of fused-ring (bicyclic) bond motifs is 1. The van der Waals surface area contributed by atoms with Crippen molar-refractivity contribution in [2.45, 2.75) is 45.6 Å². The lowest BCUT2D eigenvalue weighted by molar-refractivity contribution is 0.0767. The highest BCUT2D eigenvalue weighted by molar-refractivity contribution is 5.90. The minimum atomic E-state index is -0.0736. The van der Waals surface area contributed by atoms with Crippen LogP contribution < -0.4 is 5.73 Å². The third-order valence-corrected chi connectivity index (χ3v) is 5.95. The van der Waals surface area contributed by atoms with Crippen LogP contribution in [0.15, 0.2) is 24.3 Å². The Morgan fingerprint density at radius 2 is 2.00 bits per heavy atom. The molecule has 26 heavy (non-hydrogen) atoms. The molecule has 2 aliphatic rings. The molecule has 1 saturated carbocycles. The summed E-state index contributed by atoms with van der Waals surface area (Å²) in [6, 6.07) is 8.38. The van der Waals surface area contributed by atoms with Gasteiger partial charge in [-0.2, -0.15) is 0 Å². The molecule has 1 aliphatic heterocycles. The van der Waals surface area contributed by atoms with Gasteiger partial charge < -0.3 is 10.6 Å². The molecule has 138 valence electrons. The number of benzene rings is 1. The highest BCUT2D eigenvalue weighted by atomic mass is 16.2. The Hall–Kier alpha value is -2.21. The minimum Gasteiger partial charge on any atom is -0.335 e. The quantitative estimate of drug-likeness (QED) is 0.920. The zero-order valence-corrected chi connectivity index (χ0v) is 15.7. The van der Waals surface area contributed by atoms with Gasteiger partial charge in [-0.05, 0) is 49.1 Å². The second-order valence-electron chi connectivity index (χ2n) is 7.98. The molecule has 2 fully saturated rings. The van der Waals surface area contributed by atoms with Crippen molar-refractivity contribution < 1.29 is 4.79 Å². The van der Waals surface area contributed by atoms with E-state index in [4.69, 9.17) is 5.73 Å². The lowest BCUT2D eigenvalue weighted by atomic mass is 9.98. The molecule has 2 aromatic rings. The van der Waals surface area contributed by atoms with E-state index in [1.165, 1.54) is 5.56 Å². The maximum Gasteiger partial charge on any atom is 0.293 e. The van der Waals surface area contributed by atoms with Crippen LogP contribution in [-0.4, -0.2) is 44.7 Å². The van der Waals surface area contributed by atoms with Gasteiger partial charge in [-0.15, -0.1) is 5.10 Å². The maximum absolute atomic E-state index is 12.9. The summed E-state index contributed by atoms with van der Waals surface area (Å²) < 4.78 is 1.80. The summed E-state index contributed by atoms with van der Waals surface area (Å²) in [5, 5.41) is 4.56. The molecule has 1 aliphatic carbocycles. The van der Waals surface area contributed by atoms with E-state index in [0.717, 1.165) is 37.4 Å². The van der Waals surface area contributed by atoms with Gasteiger partial charge >= 0.3 is 0 Å². The number of carbonyl (C=O) groups excluding carboxylic acids is 1. The Bertz CT molecular complexity index is 827. The molecule has 6 nitrogen and oxygen atoms in total. The number of hydrogen-bond donors (Lipinski definition) is 1. The van der Waals surface area contributed by atoms with Gasteiger partial charge in [0.25, 0.3) is 5.91 Å². The predicted octanol–water partition coefficient (Wildman–Crippen LogP) is 2.51. The molecule has 1 aromatic heterocycles. The number of aromatic nitrogens is 3. The van der Waals surface area contributed by atoms with Crippen LogP contribution in [0.4, 0.5) is 0 Å². The number of nitrogens with two attached hydrogens (primary N) is 1. The van der Waals surface area contributed by atoms with Gasteiger partial charge in [0.2, 0.25) is 5.82 Å². The zero-order valence-electron chi connectivity index (χ0n) is 15.7. The second kappa shape index (κ2) is 6.50. The van der Waals surface area contributed by atoms with Crippen LogP contribution in [0.1, 0.15) is 54.6 Å². The van der Waals surface area contributed by atoms with Crippen molar-refractivity contribution in [1.29, 1.82) is 0 Å². The second-order valence-corrected chi connectivity index (χ2v) is 7.98. The Balaban J connectivity index is 1.61. The maximum atomic E-state index is 12.9. The largest absolute Gasteiger partial charge is 0.335 e. The molecule has 1 aromatic carbocycles. The predicted molar refractivity (Wildman–Crippen MR) is 100 cm³/mol. The van der Waals surface area contributed by atoms with Gasteiger partial charge in [-0.1, -0.05) is 32.0 Å². The molecule has 2 heterocycles. The fourth-order valence-electron chi connectivity index (χ4n) is 4.49. The molecular formula is C20H27N5O. The highest BCUT2D eigenvalue weighted by Gasteiger charge is 2.43. The summed E-state index contributed by atoms with van der Waals surface area (Å²) in [7, 11) is 0. The number of para-hydroxylation sites is 1. The molecule has 2 N–H and O–H groups in total. The molecule has 1 amide bonds. The molecule has 0 bridgehead atoms. The van der Waals surface area contributed by atoms with E-state index in [1.807, 2.05) is 30.0 Å². The summed E-state index contributed by atoms with van der Waals surface area (Å²) in [5.74, 6) is 2.29. The SMILES string of the molecule is Cc1nc(C(=O)N2CC3CCC(N)C3C2)nn1-c1ccccc1C(C)C. The number of nitrogens with zero attached hydrogens (tertiary/aromatic N) is 4. The fourth-order valence-corrected chi connectivity index (χ4v) is 4.49. The van der Waals surface area contributed by atoms with E-state index >= 15 is 0 Å². The van der Waals surface area contributed by atoms with E-state index in [0.29, 0.717) is 17.8 Å². The number of hydrogen-bond acceptors (Lipinski definition) is 4. The smallest absolute Gasteiger partial charge is 0.293 e. The topological polar surface area (TPSA) is 77.0 Å². The third kappa shape index (κ3) is 2.82. The molecule has 3 unspecified atom stereocenters. The average molecular weight is 353 g/mol. The normalized spacial score (nSPS) is 25.1. The van der Waals surface area contributed by atoms with Crippen molar-refractivity contribution in [2.75, 3.05) is 13.1 Å². The standard InChI is InChI=1S/C20H27N5O/c1-12(2)15-6-4-5-7-18(15)25-13(3)22-19(23-25)20(26)24-10-14-8-9-17(21)16(14)11-24/h4-7,12,14,16-17H,8-11,21H2,1-3H3. The summed E-state index contributed by atoms with van der Waals surface area (Å²) in [6.07, 6.45) is 2.20. The van der Waals surface area contributed by atoms with E-state index < -0.39 is 0 Å². The first-order valence-corrected chi connectivity index (χ1v) is 9.53. The van der Waals surface area contributed by atoms with Gasteiger partial charge in [0.05, 0.1) is 5.69 Å². The van der Waals surface area contributed by atoms with Crippen LogP contribution >= 0.6 is 0 Å². The van der Waals surface area contributed by atoms with Gasteiger partial charge in [0.1, 0.15) is 5.82 Å². The first-order chi connectivity index (χ1) is 12.5. The van der Waals surface area contributed by atoms with E-state index in [1.54, 1.807) is 4.68 Å². The molecule has 0 radical (unpaired) electrons. The lowest BCUT2D eigenvalue weighted by Crippen LogP contribution is -2.34. The Labute approximate surface area is 154 Å². The van der Waals surface area contributed by atoms with Gasteiger partial charge in [-0.3, -0.25) is 4.79 Å². The first kappa shape index (κ1) is 17.2. The highest BCUT2D eigenvalue weighted by Crippen LogP contribution is 2.37. The van der Waals surface area contributed by atoms with Gasteiger partial charge in [0, 0.05) is 19.1 Å². The number of likely N-dealkylation sites (tertiary alicyclic amines) is 1. The Morgan fingerprint density at radius 3 is 2.73 bits per heavy atom. The fraction of sp³-hybridized carbons (Fsp3) is 0.550. The van der Waals surface area contributed by atoms with Crippen molar-refractivity contribution in [1.82, 2.24) is 19.7 Å². The summed E-state index contributed by atoms with van der Waals surface area (Å²) >= 11 is 0. The first-order valence-electron chi connectivity index (χ1n) is 9.53. The van der Waals surface area contributed by atoms with E-state index in [2.05, 4.69) is 30.0 Å². The number of rotatable bonds is 3. The van der Waals surface area contributed by atoms with Gasteiger partial charge in [-0.25, -0.2) is 9.67 Å². The Kier molecular flexibility index (Phi) is 4.31. The third-order valence-electron chi connectivity index (χ3n) is 5.95. The molecule has 6 heteroatoms. The average Bonchev–Trinajstić information content (AvgIpc) is 3.30.